The summed E-state index contributed by atoms with van der Waals surface area (Å²) in [6.45, 7) is 8.31. The van der Waals surface area contributed by atoms with Gasteiger partial charge in [-0.1, -0.05) is 13.0 Å². The Hall–Kier alpha value is -1.10. The maximum atomic E-state index is 5.42. The summed E-state index contributed by atoms with van der Waals surface area (Å²) in [6.07, 6.45) is 1.74. The van der Waals surface area contributed by atoms with Crippen LogP contribution in [0.25, 0.3) is 0 Å². The smallest absolute Gasteiger partial charge is 0.117 e. The van der Waals surface area contributed by atoms with E-state index < -0.39 is 0 Å². The van der Waals surface area contributed by atoms with Crippen molar-refractivity contribution in [3.63, 3.8) is 0 Å². The van der Waals surface area contributed by atoms with Crippen LogP contribution < -0.4 is 5.32 Å². The van der Waals surface area contributed by atoms with Crippen molar-refractivity contribution in [1.29, 1.82) is 0 Å². The number of furan rings is 1. The van der Waals surface area contributed by atoms with Crippen molar-refractivity contribution >= 4 is 11.3 Å². The van der Waals surface area contributed by atoms with Gasteiger partial charge in [0.25, 0.3) is 0 Å². The van der Waals surface area contributed by atoms with Gasteiger partial charge in [0.1, 0.15) is 5.76 Å². The van der Waals surface area contributed by atoms with Gasteiger partial charge in [0.15, 0.2) is 0 Å². The summed E-state index contributed by atoms with van der Waals surface area (Å²) in [5, 5.41) is 5.64. The fourth-order valence-electron chi connectivity index (χ4n) is 2.13. The highest BCUT2D eigenvalue weighted by molar-refractivity contribution is 7.09. The van der Waals surface area contributed by atoms with E-state index >= 15 is 0 Å². The van der Waals surface area contributed by atoms with Crippen molar-refractivity contribution in [2.75, 3.05) is 13.1 Å². The molecule has 0 aliphatic heterocycles. The first kappa shape index (κ1) is 14.3. The van der Waals surface area contributed by atoms with Crippen LogP contribution in [0, 0.1) is 0 Å². The zero-order valence-corrected chi connectivity index (χ0v) is 12.5. The second kappa shape index (κ2) is 7.48. The average molecular weight is 278 g/mol. The molecule has 4 heteroatoms. The maximum absolute atomic E-state index is 5.42. The highest BCUT2D eigenvalue weighted by atomic mass is 32.1. The van der Waals surface area contributed by atoms with Gasteiger partial charge in [-0.25, -0.2) is 0 Å². The SMILES string of the molecule is CCN(Cc1ccco1)C(C)CNCc1cccs1. The molecular weight excluding hydrogens is 256 g/mol. The highest BCUT2D eigenvalue weighted by Crippen LogP contribution is 2.10. The lowest BCUT2D eigenvalue weighted by Gasteiger charge is -2.27. The quantitative estimate of drug-likeness (QED) is 0.803. The van der Waals surface area contributed by atoms with Crippen LogP contribution in [0.3, 0.4) is 0 Å². The molecule has 19 heavy (non-hydrogen) atoms. The number of nitrogens with one attached hydrogen (secondary N) is 1. The fourth-order valence-corrected chi connectivity index (χ4v) is 2.80. The molecule has 1 N–H and O–H groups in total. The van der Waals surface area contributed by atoms with Gasteiger partial charge < -0.3 is 9.73 Å². The molecule has 0 aliphatic rings. The summed E-state index contributed by atoms with van der Waals surface area (Å²) in [7, 11) is 0. The van der Waals surface area contributed by atoms with E-state index in [0.717, 1.165) is 31.9 Å². The Bertz CT molecular complexity index is 439. The molecule has 2 heterocycles. The van der Waals surface area contributed by atoms with Crippen LogP contribution in [-0.4, -0.2) is 24.0 Å². The standard InChI is InChI=1S/C15H22N2OS/c1-3-17(12-14-6-4-8-18-14)13(2)10-16-11-15-7-5-9-19-15/h4-9,13,16H,3,10-12H2,1-2H3. The molecule has 1 atom stereocenters. The van der Waals surface area contributed by atoms with Gasteiger partial charge in [0, 0.05) is 24.0 Å². The Morgan fingerprint density at radius 1 is 1.37 bits per heavy atom. The molecule has 0 aliphatic carbocycles. The Kier molecular flexibility index (Phi) is 5.63. The molecule has 0 amide bonds. The first-order chi connectivity index (χ1) is 9.29. The van der Waals surface area contributed by atoms with Crippen LogP contribution in [-0.2, 0) is 13.1 Å². The van der Waals surface area contributed by atoms with Crippen molar-refractivity contribution < 1.29 is 4.42 Å². The van der Waals surface area contributed by atoms with Crippen LogP contribution in [0.15, 0.2) is 40.3 Å². The summed E-state index contributed by atoms with van der Waals surface area (Å²) in [5.74, 6) is 1.03. The predicted molar refractivity (Wildman–Crippen MR) is 80.3 cm³/mol. The number of thiophene rings is 1. The van der Waals surface area contributed by atoms with Gasteiger partial charge >= 0.3 is 0 Å². The van der Waals surface area contributed by atoms with E-state index in [2.05, 4.69) is 41.6 Å². The van der Waals surface area contributed by atoms with Gasteiger partial charge in [0.2, 0.25) is 0 Å². The van der Waals surface area contributed by atoms with E-state index in [9.17, 15) is 0 Å². The Morgan fingerprint density at radius 2 is 2.26 bits per heavy atom. The summed E-state index contributed by atoms with van der Waals surface area (Å²) in [6, 6.07) is 8.75. The third-order valence-electron chi connectivity index (χ3n) is 3.29. The van der Waals surface area contributed by atoms with Crippen molar-refractivity contribution in [3.8, 4) is 0 Å². The monoisotopic (exact) mass is 278 g/mol. The lowest BCUT2D eigenvalue weighted by molar-refractivity contribution is 0.191. The molecule has 2 aromatic rings. The minimum absolute atomic E-state index is 0.495. The second-order valence-corrected chi connectivity index (χ2v) is 5.73. The van der Waals surface area contributed by atoms with Crippen molar-refractivity contribution in [2.45, 2.75) is 33.0 Å². The number of nitrogens with zero attached hydrogens (tertiary/aromatic N) is 1. The van der Waals surface area contributed by atoms with Crippen LogP contribution in [0.2, 0.25) is 0 Å². The van der Waals surface area contributed by atoms with Crippen LogP contribution in [0.4, 0.5) is 0 Å². The minimum atomic E-state index is 0.495. The Morgan fingerprint density at radius 3 is 2.89 bits per heavy atom. The number of likely N-dealkylation sites (N-methyl/N-ethyl adjacent to an activating group) is 1. The predicted octanol–water partition coefficient (Wildman–Crippen LogP) is 3.34. The molecule has 0 aromatic carbocycles. The van der Waals surface area contributed by atoms with Crippen molar-refractivity contribution in [2.24, 2.45) is 0 Å². The number of rotatable bonds is 8. The van der Waals surface area contributed by atoms with Crippen molar-refractivity contribution in [3.05, 3.63) is 46.5 Å². The molecular formula is C15H22N2OS. The third kappa shape index (κ3) is 4.49. The lowest BCUT2D eigenvalue weighted by atomic mass is 10.2. The first-order valence-corrected chi connectivity index (χ1v) is 7.67. The Balaban J connectivity index is 1.75. The van der Waals surface area contributed by atoms with E-state index in [1.54, 1.807) is 17.6 Å². The summed E-state index contributed by atoms with van der Waals surface area (Å²) in [5.41, 5.74) is 0. The summed E-state index contributed by atoms with van der Waals surface area (Å²) in [4.78, 5) is 3.81. The van der Waals surface area contributed by atoms with Gasteiger partial charge in [-0.15, -0.1) is 11.3 Å². The van der Waals surface area contributed by atoms with Crippen LogP contribution in [0.5, 0.6) is 0 Å². The van der Waals surface area contributed by atoms with Gasteiger partial charge in [-0.3, -0.25) is 4.90 Å². The highest BCUT2D eigenvalue weighted by Gasteiger charge is 2.13. The molecule has 1 unspecified atom stereocenters. The van der Waals surface area contributed by atoms with Crippen LogP contribution >= 0.6 is 11.3 Å². The largest absolute Gasteiger partial charge is 0.468 e. The molecule has 2 rings (SSSR count). The molecule has 2 aromatic heterocycles. The lowest BCUT2D eigenvalue weighted by Crippen LogP contribution is -2.39. The molecule has 104 valence electrons. The molecule has 0 fully saturated rings. The molecule has 0 spiro atoms. The number of hydrogen-bond donors (Lipinski definition) is 1. The minimum Gasteiger partial charge on any atom is -0.468 e. The average Bonchev–Trinajstić information content (AvgIpc) is 3.08. The summed E-state index contributed by atoms with van der Waals surface area (Å²) >= 11 is 1.80. The summed E-state index contributed by atoms with van der Waals surface area (Å²) < 4.78 is 5.42. The third-order valence-corrected chi connectivity index (χ3v) is 4.16. The molecule has 3 nitrogen and oxygen atoms in total. The van der Waals surface area contributed by atoms with Crippen LogP contribution in [0.1, 0.15) is 24.5 Å². The van der Waals surface area contributed by atoms with E-state index in [-0.39, 0.29) is 0 Å². The van der Waals surface area contributed by atoms with Gasteiger partial charge in [-0.05, 0) is 37.0 Å². The van der Waals surface area contributed by atoms with E-state index in [1.807, 2.05) is 12.1 Å². The first-order valence-electron chi connectivity index (χ1n) is 6.79. The number of hydrogen-bond acceptors (Lipinski definition) is 4. The molecule has 0 radical (unpaired) electrons. The van der Waals surface area contributed by atoms with Gasteiger partial charge in [0.05, 0.1) is 12.8 Å². The molecule has 0 saturated carbocycles. The van der Waals surface area contributed by atoms with Gasteiger partial charge in [-0.2, -0.15) is 0 Å². The normalized spacial score (nSPS) is 13.0. The maximum Gasteiger partial charge on any atom is 0.117 e. The zero-order chi connectivity index (χ0) is 13.5. The fraction of sp³-hybridized carbons (Fsp3) is 0.467. The topological polar surface area (TPSA) is 28.4 Å². The van der Waals surface area contributed by atoms with E-state index in [1.165, 1.54) is 4.88 Å². The van der Waals surface area contributed by atoms with Crippen molar-refractivity contribution in [1.82, 2.24) is 10.2 Å². The molecule has 0 saturated heterocycles. The molecule has 0 bridgehead atoms. The van der Waals surface area contributed by atoms with E-state index in [4.69, 9.17) is 4.42 Å². The Labute approximate surface area is 119 Å². The second-order valence-electron chi connectivity index (χ2n) is 4.70. The van der Waals surface area contributed by atoms with E-state index in [0.29, 0.717) is 6.04 Å². The zero-order valence-electron chi connectivity index (χ0n) is 11.6.